The van der Waals surface area contributed by atoms with Gasteiger partial charge in [-0.05, 0) is 36.8 Å². The molecule has 3 nitrogen and oxygen atoms in total. The van der Waals surface area contributed by atoms with Gasteiger partial charge in [-0.1, -0.05) is 29.8 Å². The number of nitrogens with one attached hydrogen (secondary N) is 1. The van der Waals surface area contributed by atoms with Crippen molar-refractivity contribution in [3.63, 3.8) is 0 Å². The maximum absolute atomic E-state index is 13.3. The van der Waals surface area contributed by atoms with E-state index in [1.807, 2.05) is 19.1 Å². The minimum atomic E-state index is -0.777. The summed E-state index contributed by atoms with van der Waals surface area (Å²) >= 11 is 6.05. The van der Waals surface area contributed by atoms with Crippen molar-refractivity contribution in [1.82, 2.24) is 0 Å². The highest BCUT2D eigenvalue weighted by atomic mass is 35.5. The van der Waals surface area contributed by atoms with Crippen LogP contribution in [0.1, 0.15) is 5.56 Å². The molecule has 2 aromatic carbocycles. The fourth-order valence-corrected chi connectivity index (χ4v) is 1.99. The van der Waals surface area contributed by atoms with Crippen molar-refractivity contribution in [2.45, 2.75) is 13.0 Å². The molecular formula is C16H17ClFNO2. The fourth-order valence-electron chi connectivity index (χ4n) is 1.81. The van der Waals surface area contributed by atoms with Gasteiger partial charge in [-0.15, -0.1) is 0 Å². The Balaban J connectivity index is 1.84. The van der Waals surface area contributed by atoms with Crippen LogP contribution in [0, 0.1) is 12.7 Å². The number of aryl methyl sites for hydroxylation is 1. The summed E-state index contributed by atoms with van der Waals surface area (Å²) in [5.74, 6) is -0.315. The van der Waals surface area contributed by atoms with Gasteiger partial charge in [-0.3, -0.25) is 0 Å². The van der Waals surface area contributed by atoms with E-state index in [0.717, 1.165) is 11.3 Å². The highest BCUT2D eigenvalue weighted by molar-refractivity contribution is 6.33. The van der Waals surface area contributed by atoms with Crippen molar-refractivity contribution in [3.8, 4) is 5.75 Å². The van der Waals surface area contributed by atoms with Gasteiger partial charge >= 0.3 is 0 Å². The number of benzene rings is 2. The van der Waals surface area contributed by atoms with Crippen LogP contribution in [0.2, 0.25) is 5.02 Å². The summed E-state index contributed by atoms with van der Waals surface area (Å²) in [7, 11) is 0. The smallest absolute Gasteiger partial charge is 0.165 e. The van der Waals surface area contributed by atoms with Gasteiger partial charge < -0.3 is 15.2 Å². The van der Waals surface area contributed by atoms with E-state index in [2.05, 4.69) is 5.32 Å². The highest BCUT2D eigenvalue weighted by Gasteiger charge is 2.09. The fraction of sp³-hybridized carbons (Fsp3) is 0.250. The van der Waals surface area contributed by atoms with Crippen molar-refractivity contribution < 1.29 is 14.2 Å². The highest BCUT2D eigenvalue weighted by Crippen LogP contribution is 2.22. The predicted molar refractivity (Wildman–Crippen MR) is 82.6 cm³/mol. The molecule has 0 radical (unpaired) electrons. The summed E-state index contributed by atoms with van der Waals surface area (Å²) in [5, 5.41) is 13.5. The lowest BCUT2D eigenvalue weighted by atomic mass is 10.2. The molecule has 0 fully saturated rings. The van der Waals surface area contributed by atoms with Gasteiger partial charge in [0.1, 0.15) is 12.7 Å². The number of anilines is 1. The van der Waals surface area contributed by atoms with Gasteiger partial charge in [-0.2, -0.15) is 0 Å². The molecule has 0 heterocycles. The molecule has 112 valence electrons. The van der Waals surface area contributed by atoms with Crippen LogP contribution < -0.4 is 10.1 Å². The second kappa shape index (κ2) is 7.29. The van der Waals surface area contributed by atoms with E-state index in [0.29, 0.717) is 5.02 Å². The van der Waals surface area contributed by atoms with Crippen LogP contribution in [-0.4, -0.2) is 24.4 Å². The van der Waals surface area contributed by atoms with Crippen molar-refractivity contribution >= 4 is 17.3 Å². The Labute approximate surface area is 128 Å². The summed E-state index contributed by atoms with van der Waals surface area (Å²) in [4.78, 5) is 0. The van der Waals surface area contributed by atoms with Crippen molar-refractivity contribution in [2.24, 2.45) is 0 Å². The molecule has 1 atom stereocenters. The molecule has 2 N–H and O–H groups in total. The monoisotopic (exact) mass is 309 g/mol. The molecule has 5 heteroatoms. The van der Waals surface area contributed by atoms with Gasteiger partial charge in [0.2, 0.25) is 0 Å². The Hall–Kier alpha value is -1.78. The molecular weight excluding hydrogens is 293 g/mol. The summed E-state index contributed by atoms with van der Waals surface area (Å²) in [6, 6.07) is 11.7. The Morgan fingerprint density at radius 2 is 2.05 bits per heavy atom. The molecule has 0 spiro atoms. The number of rotatable bonds is 6. The minimum absolute atomic E-state index is 0.00261. The van der Waals surface area contributed by atoms with Crippen molar-refractivity contribution in [1.29, 1.82) is 0 Å². The van der Waals surface area contributed by atoms with E-state index in [1.165, 1.54) is 12.1 Å². The van der Waals surface area contributed by atoms with E-state index in [9.17, 15) is 9.50 Å². The number of aliphatic hydroxyl groups is 1. The van der Waals surface area contributed by atoms with Crippen LogP contribution in [-0.2, 0) is 0 Å². The van der Waals surface area contributed by atoms with Crippen LogP contribution in [0.15, 0.2) is 42.5 Å². The lowest BCUT2D eigenvalue weighted by molar-refractivity contribution is 0.115. The lowest BCUT2D eigenvalue weighted by Crippen LogP contribution is -2.26. The first-order valence-corrected chi connectivity index (χ1v) is 6.99. The molecule has 0 bridgehead atoms. The molecule has 2 rings (SSSR count). The third-order valence-corrected chi connectivity index (χ3v) is 3.25. The van der Waals surface area contributed by atoms with E-state index >= 15 is 0 Å². The molecule has 21 heavy (non-hydrogen) atoms. The molecule has 0 amide bonds. The summed E-state index contributed by atoms with van der Waals surface area (Å²) in [6.45, 7) is 2.22. The number of hydrogen-bond acceptors (Lipinski definition) is 3. The first kappa shape index (κ1) is 15.6. The first-order chi connectivity index (χ1) is 10.1. The zero-order valence-electron chi connectivity index (χ0n) is 11.6. The zero-order chi connectivity index (χ0) is 15.2. The SMILES string of the molecule is Cc1ccc(Cl)c(NCC(O)COc2ccccc2F)c1. The van der Waals surface area contributed by atoms with Crippen molar-refractivity contribution in [2.75, 3.05) is 18.5 Å². The van der Waals surface area contributed by atoms with Gasteiger partial charge in [0.15, 0.2) is 11.6 Å². The van der Waals surface area contributed by atoms with Gasteiger partial charge in [0.25, 0.3) is 0 Å². The summed E-state index contributed by atoms with van der Waals surface area (Å²) in [5.41, 5.74) is 1.82. The number of para-hydroxylation sites is 1. The van der Waals surface area contributed by atoms with Crippen molar-refractivity contribution in [3.05, 3.63) is 58.9 Å². The number of aliphatic hydroxyl groups excluding tert-OH is 1. The van der Waals surface area contributed by atoms with E-state index in [-0.39, 0.29) is 18.9 Å². The lowest BCUT2D eigenvalue weighted by Gasteiger charge is -2.15. The second-order valence-electron chi connectivity index (χ2n) is 4.76. The maximum atomic E-state index is 13.3. The van der Waals surface area contributed by atoms with Gasteiger partial charge in [0.05, 0.1) is 10.7 Å². The minimum Gasteiger partial charge on any atom is -0.488 e. The Morgan fingerprint density at radius 1 is 1.29 bits per heavy atom. The summed E-state index contributed by atoms with van der Waals surface area (Å²) in [6.07, 6.45) is -0.777. The van der Waals surface area contributed by atoms with Crippen LogP contribution in [0.3, 0.4) is 0 Å². The Kier molecular flexibility index (Phi) is 5.42. The molecule has 2 aromatic rings. The number of ether oxygens (including phenoxy) is 1. The Bertz CT molecular complexity index is 607. The largest absolute Gasteiger partial charge is 0.488 e. The molecule has 0 saturated heterocycles. The third kappa shape index (κ3) is 4.62. The van der Waals surface area contributed by atoms with E-state index in [4.69, 9.17) is 16.3 Å². The standard InChI is InChI=1S/C16H17ClFNO2/c1-11-6-7-13(17)15(8-11)19-9-12(20)10-21-16-5-3-2-4-14(16)18/h2-8,12,19-20H,9-10H2,1H3. The number of hydrogen-bond donors (Lipinski definition) is 2. The maximum Gasteiger partial charge on any atom is 0.165 e. The van der Waals surface area contributed by atoms with Gasteiger partial charge in [0, 0.05) is 6.54 Å². The van der Waals surface area contributed by atoms with E-state index < -0.39 is 11.9 Å². The molecule has 0 saturated carbocycles. The van der Waals surface area contributed by atoms with Crippen LogP contribution in [0.5, 0.6) is 5.75 Å². The average molecular weight is 310 g/mol. The molecule has 0 aromatic heterocycles. The quantitative estimate of drug-likeness (QED) is 0.856. The summed E-state index contributed by atoms with van der Waals surface area (Å²) < 4.78 is 18.6. The van der Waals surface area contributed by atoms with Crippen LogP contribution >= 0.6 is 11.6 Å². The second-order valence-corrected chi connectivity index (χ2v) is 5.17. The molecule has 0 aliphatic heterocycles. The Morgan fingerprint density at radius 3 is 2.81 bits per heavy atom. The van der Waals surface area contributed by atoms with E-state index in [1.54, 1.807) is 18.2 Å². The zero-order valence-corrected chi connectivity index (χ0v) is 12.4. The molecule has 1 unspecified atom stereocenters. The van der Waals surface area contributed by atoms with Crippen LogP contribution in [0.4, 0.5) is 10.1 Å². The van der Waals surface area contributed by atoms with Gasteiger partial charge in [-0.25, -0.2) is 4.39 Å². The predicted octanol–water partition coefficient (Wildman–Crippen LogP) is 3.64. The first-order valence-electron chi connectivity index (χ1n) is 6.61. The molecule has 0 aliphatic rings. The van der Waals surface area contributed by atoms with Crippen LogP contribution in [0.25, 0.3) is 0 Å². The normalized spacial score (nSPS) is 12.0. The molecule has 0 aliphatic carbocycles. The topological polar surface area (TPSA) is 41.5 Å². The number of halogens is 2. The average Bonchev–Trinajstić information content (AvgIpc) is 2.47. The third-order valence-electron chi connectivity index (χ3n) is 2.92.